The number of aromatic nitrogens is 3. The third kappa shape index (κ3) is 3.74. The van der Waals surface area contributed by atoms with Crippen LogP contribution in [0, 0.1) is 5.82 Å². The normalized spacial score (nSPS) is 11.0. The second kappa shape index (κ2) is 7.54. The lowest BCUT2D eigenvalue weighted by molar-refractivity contribution is 0.245. The van der Waals surface area contributed by atoms with Crippen molar-refractivity contribution in [3.8, 4) is 5.69 Å². The quantitative estimate of drug-likeness (QED) is 0.646. The Morgan fingerprint density at radius 1 is 1.15 bits per heavy atom. The number of halogens is 3. The van der Waals surface area contributed by atoms with Crippen molar-refractivity contribution < 1.29 is 9.18 Å². The maximum atomic E-state index is 13.2. The minimum Gasteiger partial charge on any atom is -0.291 e. The molecule has 140 valence electrons. The van der Waals surface area contributed by atoms with Gasteiger partial charge >= 0.3 is 11.7 Å². The molecule has 2 aromatic carbocycles. The van der Waals surface area contributed by atoms with Gasteiger partial charge in [-0.2, -0.15) is 14.3 Å². The zero-order valence-electron chi connectivity index (χ0n) is 14.4. The van der Waals surface area contributed by atoms with Crippen LogP contribution >= 0.6 is 23.2 Å². The van der Waals surface area contributed by atoms with Crippen molar-refractivity contribution in [2.24, 2.45) is 0 Å². The van der Waals surface area contributed by atoms with Crippen LogP contribution in [0.2, 0.25) is 10.0 Å². The molecule has 3 rings (SSSR count). The SMILES string of the molecule is CC(C)N(C(=O)n1cnn(-c2ccc(Cl)cc2Cl)c1=O)c1ccc(F)cc1. The molecule has 1 amide bonds. The number of hydrogen-bond acceptors (Lipinski definition) is 3. The maximum Gasteiger partial charge on any atom is 0.358 e. The molecule has 0 saturated heterocycles. The molecule has 0 fully saturated rings. The Labute approximate surface area is 164 Å². The van der Waals surface area contributed by atoms with E-state index in [9.17, 15) is 14.0 Å². The van der Waals surface area contributed by atoms with Crippen LogP contribution in [0.5, 0.6) is 0 Å². The lowest BCUT2D eigenvalue weighted by Crippen LogP contribution is -2.43. The van der Waals surface area contributed by atoms with E-state index in [0.717, 1.165) is 15.6 Å². The Bertz CT molecular complexity index is 1040. The van der Waals surface area contributed by atoms with Gasteiger partial charge in [0.05, 0.1) is 10.7 Å². The first-order valence-electron chi connectivity index (χ1n) is 8.01. The average molecular weight is 409 g/mol. The lowest BCUT2D eigenvalue weighted by atomic mass is 10.2. The standard InChI is InChI=1S/C18H15Cl2FN4O2/c1-11(2)24(14-6-4-13(21)5-7-14)17(26)23-10-22-25(18(23)27)16-8-3-12(19)9-15(16)20/h3-11H,1-2H3. The molecule has 1 heterocycles. The van der Waals surface area contributed by atoms with Gasteiger partial charge in [-0.1, -0.05) is 23.2 Å². The molecule has 0 unspecified atom stereocenters. The van der Waals surface area contributed by atoms with Crippen LogP contribution in [-0.2, 0) is 0 Å². The Hall–Kier alpha value is -2.64. The zero-order valence-corrected chi connectivity index (χ0v) is 15.9. The largest absolute Gasteiger partial charge is 0.358 e. The molecule has 0 radical (unpaired) electrons. The summed E-state index contributed by atoms with van der Waals surface area (Å²) in [6.07, 6.45) is 1.12. The fourth-order valence-corrected chi connectivity index (χ4v) is 3.09. The number of hydrogen-bond donors (Lipinski definition) is 0. The van der Waals surface area contributed by atoms with Gasteiger partial charge in [0.2, 0.25) is 0 Å². The van der Waals surface area contributed by atoms with Gasteiger partial charge in [0.1, 0.15) is 12.1 Å². The molecule has 0 bridgehead atoms. The van der Waals surface area contributed by atoms with Crippen LogP contribution in [0.25, 0.3) is 5.69 Å². The topological polar surface area (TPSA) is 60.1 Å². The number of carbonyl (C=O) groups excluding carboxylic acids is 1. The summed E-state index contributed by atoms with van der Waals surface area (Å²) in [5, 5.41) is 4.61. The van der Waals surface area contributed by atoms with E-state index in [2.05, 4.69) is 5.10 Å². The van der Waals surface area contributed by atoms with Gasteiger partial charge in [-0.3, -0.25) is 4.90 Å². The highest BCUT2D eigenvalue weighted by Crippen LogP contribution is 2.23. The van der Waals surface area contributed by atoms with Gasteiger partial charge in [-0.25, -0.2) is 14.0 Å². The highest BCUT2D eigenvalue weighted by atomic mass is 35.5. The third-order valence-electron chi connectivity index (χ3n) is 3.84. The molecule has 1 aromatic heterocycles. The Balaban J connectivity index is 2.03. The summed E-state index contributed by atoms with van der Waals surface area (Å²) in [5.74, 6) is -0.419. The van der Waals surface area contributed by atoms with Crippen LogP contribution < -0.4 is 10.6 Å². The second-order valence-corrected chi connectivity index (χ2v) is 6.86. The van der Waals surface area contributed by atoms with E-state index in [1.807, 2.05) is 0 Å². The van der Waals surface area contributed by atoms with Crippen molar-refractivity contribution in [1.82, 2.24) is 14.3 Å². The Kier molecular flexibility index (Phi) is 5.34. The number of rotatable bonds is 3. The maximum absolute atomic E-state index is 13.2. The molecule has 0 aliphatic rings. The van der Waals surface area contributed by atoms with Crippen LogP contribution in [-0.4, -0.2) is 26.4 Å². The minimum atomic E-state index is -0.683. The van der Waals surface area contributed by atoms with E-state index in [4.69, 9.17) is 23.2 Å². The molecule has 0 saturated carbocycles. The van der Waals surface area contributed by atoms with Crippen LogP contribution in [0.3, 0.4) is 0 Å². The second-order valence-electron chi connectivity index (χ2n) is 6.01. The van der Waals surface area contributed by atoms with Crippen molar-refractivity contribution in [2.45, 2.75) is 19.9 Å². The average Bonchev–Trinajstić information content (AvgIpc) is 2.98. The summed E-state index contributed by atoms with van der Waals surface area (Å²) in [6, 6.07) is 9.12. The summed E-state index contributed by atoms with van der Waals surface area (Å²) in [6.45, 7) is 3.57. The van der Waals surface area contributed by atoms with E-state index < -0.39 is 17.5 Å². The molecule has 9 heteroatoms. The number of amides is 1. The predicted octanol–water partition coefficient (Wildman–Crippen LogP) is 4.36. The lowest BCUT2D eigenvalue weighted by Gasteiger charge is -2.26. The molecule has 0 atom stereocenters. The monoisotopic (exact) mass is 408 g/mol. The summed E-state index contributed by atoms with van der Waals surface area (Å²) in [7, 11) is 0. The highest BCUT2D eigenvalue weighted by molar-refractivity contribution is 6.35. The van der Waals surface area contributed by atoms with E-state index in [-0.39, 0.29) is 11.1 Å². The van der Waals surface area contributed by atoms with Gasteiger partial charge in [-0.15, -0.1) is 0 Å². The minimum absolute atomic E-state index is 0.224. The number of nitrogens with zero attached hydrogens (tertiary/aromatic N) is 4. The molecular weight excluding hydrogens is 394 g/mol. The van der Waals surface area contributed by atoms with Crippen LogP contribution in [0.1, 0.15) is 13.8 Å². The van der Waals surface area contributed by atoms with Crippen molar-refractivity contribution in [2.75, 3.05) is 4.90 Å². The van der Waals surface area contributed by atoms with Crippen LogP contribution in [0.4, 0.5) is 14.9 Å². The van der Waals surface area contributed by atoms with E-state index in [1.165, 1.54) is 41.3 Å². The van der Waals surface area contributed by atoms with Crippen molar-refractivity contribution >= 4 is 34.9 Å². The van der Waals surface area contributed by atoms with Gasteiger partial charge < -0.3 is 0 Å². The Morgan fingerprint density at radius 3 is 2.41 bits per heavy atom. The molecule has 0 aliphatic heterocycles. The molecule has 3 aromatic rings. The van der Waals surface area contributed by atoms with E-state index >= 15 is 0 Å². The first-order valence-corrected chi connectivity index (χ1v) is 8.76. The van der Waals surface area contributed by atoms with Crippen molar-refractivity contribution in [3.63, 3.8) is 0 Å². The van der Waals surface area contributed by atoms with Crippen LogP contribution in [0.15, 0.2) is 53.6 Å². The summed E-state index contributed by atoms with van der Waals surface area (Å²) in [5.41, 5.74) is 0.0769. The summed E-state index contributed by atoms with van der Waals surface area (Å²) < 4.78 is 15.1. The summed E-state index contributed by atoms with van der Waals surface area (Å²) >= 11 is 12.0. The van der Waals surface area contributed by atoms with Gasteiger partial charge in [-0.05, 0) is 56.3 Å². The number of benzene rings is 2. The smallest absolute Gasteiger partial charge is 0.291 e. The van der Waals surface area contributed by atoms with Gasteiger partial charge in [0.25, 0.3) is 0 Å². The van der Waals surface area contributed by atoms with Crippen molar-refractivity contribution in [3.05, 3.63) is 75.1 Å². The van der Waals surface area contributed by atoms with E-state index in [1.54, 1.807) is 19.9 Å². The predicted molar refractivity (Wildman–Crippen MR) is 103 cm³/mol. The highest BCUT2D eigenvalue weighted by Gasteiger charge is 2.24. The molecule has 0 aliphatic carbocycles. The molecule has 0 N–H and O–H groups in total. The van der Waals surface area contributed by atoms with E-state index in [0.29, 0.717) is 16.4 Å². The Morgan fingerprint density at radius 2 is 1.81 bits per heavy atom. The third-order valence-corrected chi connectivity index (χ3v) is 4.38. The first kappa shape index (κ1) is 19.1. The molecule has 27 heavy (non-hydrogen) atoms. The number of carbonyl (C=O) groups is 1. The van der Waals surface area contributed by atoms with Gasteiger partial charge in [0, 0.05) is 16.8 Å². The first-order chi connectivity index (χ1) is 12.8. The van der Waals surface area contributed by atoms with Crippen molar-refractivity contribution in [1.29, 1.82) is 0 Å². The zero-order chi connectivity index (χ0) is 19.7. The van der Waals surface area contributed by atoms with Gasteiger partial charge in [0.15, 0.2) is 0 Å². The fraction of sp³-hybridized carbons (Fsp3) is 0.167. The summed E-state index contributed by atoms with van der Waals surface area (Å²) in [4.78, 5) is 27.1. The molecule has 6 nitrogen and oxygen atoms in total. The number of anilines is 1. The molecule has 0 spiro atoms. The fourth-order valence-electron chi connectivity index (χ4n) is 2.60. The molecular formula is C18H15Cl2FN4O2.